The number of alkyl halides is 3. The first-order valence-corrected chi connectivity index (χ1v) is 5.70. The zero-order valence-corrected chi connectivity index (χ0v) is 10.6. The van der Waals surface area contributed by atoms with Crippen molar-refractivity contribution in [2.45, 2.75) is 32.2 Å². The molecule has 0 saturated heterocycles. The van der Waals surface area contributed by atoms with Crippen molar-refractivity contribution >= 4 is 0 Å². The van der Waals surface area contributed by atoms with Gasteiger partial charge in [-0.2, -0.15) is 13.2 Å². The summed E-state index contributed by atoms with van der Waals surface area (Å²) in [6.45, 7) is 3.50. The molecule has 0 aromatic heterocycles. The van der Waals surface area contributed by atoms with E-state index in [2.05, 4.69) is 5.43 Å². The third-order valence-corrected chi connectivity index (χ3v) is 2.50. The molecule has 1 unspecified atom stereocenters. The van der Waals surface area contributed by atoms with E-state index in [-0.39, 0.29) is 18.3 Å². The molecule has 0 bridgehead atoms. The van der Waals surface area contributed by atoms with Crippen LogP contribution < -0.4 is 11.3 Å². The lowest BCUT2D eigenvalue weighted by molar-refractivity contribution is -0.137. The Kier molecular flexibility index (Phi) is 5.28. The van der Waals surface area contributed by atoms with E-state index in [0.29, 0.717) is 6.07 Å². The van der Waals surface area contributed by atoms with Gasteiger partial charge in [0.05, 0.1) is 24.3 Å². The van der Waals surface area contributed by atoms with Gasteiger partial charge in [-0.3, -0.25) is 11.3 Å². The van der Waals surface area contributed by atoms with E-state index in [1.54, 1.807) is 13.8 Å². The van der Waals surface area contributed by atoms with Gasteiger partial charge in [0.1, 0.15) is 5.82 Å². The lowest BCUT2D eigenvalue weighted by atomic mass is 10.0. The van der Waals surface area contributed by atoms with Crippen LogP contribution in [0.3, 0.4) is 0 Å². The summed E-state index contributed by atoms with van der Waals surface area (Å²) in [6, 6.07) is 1.36. The van der Waals surface area contributed by atoms with Gasteiger partial charge in [0.2, 0.25) is 0 Å². The largest absolute Gasteiger partial charge is 0.416 e. The molecule has 0 aliphatic carbocycles. The van der Waals surface area contributed by atoms with Gasteiger partial charge in [0.15, 0.2) is 0 Å². The van der Waals surface area contributed by atoms with E-state index in [1.165, 1.54) is 0 Å². The van der Waals surface area contributed by atoms with Crippen LogP contribution in [-0.2, 0) is 10.9 Å². The molecular weight excluding hydrogens is 264 g/mol. The second kappa shape index (κ2) is 6.31. The highest BCUT2D eigenvalue weighted by atomic mass is 19.4. The van der Waals surface area contributed by atoms with Crippen LogP contribution in [0.15, 0.2) is 18.2 Å². The molecule has 0 radical (unpaired) electrons. The molecule has 3 N–H and O–H groups in total. The molecule has 0 fully saturated rings. The first-order chi connectivity index (χ1) is 8.75. The van der Waals surface area contributed by atoms with Crippen LogP contribution >= 0.6 is 0 Å². The highest BCUT2D eigenvalue weighted by Gasteiger charge is 2.32. The fourth-order valence-electron chi connectivity index (χ4n) is 1.50. The van der Waals surface area contributed by atoms with Crippen molar-refractivity contribution in [1.29, 1.82) is 0 Å². The number of hydrazine groups is 1. The van der Waals surface area contributed by atoms with E-state index >= 15 is 0 Å². The second-order valence-corrected chi connectivity index (χ2v) is 4.34. The Bertz CT molecular complexity index is 421. The highest BCUT2D eigenvalue weighted by Crippen LogP contribution is 2.31. The van der Waals surface area contributed by atoms with E-state index in [9.17, 15) is 17.6 Å². The van der Waals surface area contributed by atoms with Gasteiger partial charge in [-0.15, -0.1) is 0 Å². The summed E-state index contributed by atoms with van der Waals surface area (Å²) in [6.07, 6.45) is -4.66. The lowest BCUT2D eigenvalue weighted by Gasteiger charge is -2.20. The van der Waals surface area contributed by atoms with Crippen LogP contribution in [0.25, 0.3) is 0 Å². The Morgan fingerprint density at radius 1 is 1.32 bits per heavy atom. The van der Waals surface area contributed by atoms with Crippen LogP contribution in [0, 0.1) is 5.82 Å². The van der Waals surface area contributed by atoms with E-state index in [1.807, 2.05) is 0 Å². The Balaban J connectivity index is 3.02. The first-order valence-electron chi connectivity index (χ1n) is 5.70. The van der Waals surface area contributed by atoms with Crippen molar-refractivity contribution in [3.63, 3.8) is 0 Å². The maximum absolute atomic E-state index is 13.6. The fraction of sp³-hybridized carbons (Fsp3) is 0.500. The molecule has 1 atom stereocenters. The summed E-state index contributed by atoms with van der Waals surface area (Å²) in [4.78, 5) is 0. The predicted octanol–water partition coefficient (Wildman–Crippen LogP) is 2.77. The minimum Gasteiger partial charge on any atom is -0.377 e. The third-order valence-electron chi connectivity index (χ3n) is 2.50. The quantitative estimate of drug-likeness (QED) is 0.495. The molecule has 7 heteroatoms. The van der Waals surface area contributed by atoms with Gasteiger partial charge in [0, 0.05) is 5.56 Å². The molecule has 19 heavy (non-hydrogen) atoms. The molecule has 108 valence electrons. The minimum absolute atomic E-state index is 0.0214. The maximum Gasteiger partial charge on any atom is 0.416 e. The average molecular weight is 280 g/mol. The summed E-state index contributed by atoms with van der Waals surface area (Å²) >= 11 is 0. The van der Waals surface area contributed by atoms with Gasteiger partial charge in [0.25, 0.3) is 0 Å². The molecule has 0 heterocycles. The van der Waals surface area contributed by atoms with Gasteiger partial charge < -0.3 is 4.74 Å². The number of nitrogens with one attached hydrogen (secondary N) is 1. The van der Waals surface area contributed by atoms with Crippen molar-refractivity contribution in [3.8, 4) is 0 Å². The number of hydrogen-bond acceptors (Lipinski definition) is 3. The molecule has 0 saturated carbocycles. The Hall–Kier alpha value is -1.18. The van der Waals surface area contributed by atoms with E-state index in [4.69, 9.17) is 10.6 Å². The van der Waals surface area contributed by atoms with Crippen LogP contribution in [-0.4, -0.2) is 12.7 Å². The van der Waals surface area contributed by atoms with E-state index < -0.39 is 23.6 Å². The normalized spacial score (nSPS) is 13.9. The number of hydrogen-bond donors (Lipinski definition) is 2. The van der Waals surface area contributed by atoms with Crippen molar-refractivity contribution in [1.82, 2.24) is 5.43 Å². The van der Waals surface area contributed by atoms with Crippen molar-refractivity contribution < 1.29 is 22.3 Å². The molecule has 0 aliphatic heterocycles. The van der Waals surface area contributed by atoms with Gasteiger partial charge >= 0.3 is 6.18 Å². The van der Waals surface area contributed by atoms with Crippen molar-refractivity contribution in [3.05, 3.63) is 35.1 Å². The smallest absolute Gasteiger partial charge is 0.377 e. The van der Waals surface area contributed by atoms with E-state index in [0.717, 1.165) is 12.1 Å². The highest BCUT2D eigenvalue weighted by molar-refractivity contribution is 5.29. The van der Waals surface area contributed by atoms with Gasteiger partial charge in [-0.05, 0) is 32.0 Å². The molecule has 0 aliphatic rings. The Morgan fingerprint density at radius 3 is 2.42 bits per heavy atom. The number of nitrogens with two attached hydrogens (primary N) is 1. The molecule has 1 aromatic rings. The van der Waals surface area contributed by atoms with Crippen molar-refractivity contribution in [2.75, 3.05) is 6.61 Å². The minimum atomic E-state index is -4.53. The number of rotatable bonds is 5. The monoisotopic (exact) mass is 280 g/mol. The lowest BCUT2D eigenvalue weighted by Crippen LogP contribution is -2.33. The zero-order chi connectivity index (χ0) is 14.6. The SMILES string of the molecule is CC(C)OCC(NN)c1cc(C(F)(F)F)ccc1F. The third kappa shape index (κ3) is 4.45. The molecule has 0 spiro atoms. The van der Waals surface area contributed by atoms with Gasteiger partial charge in [-0.1, -0.05) is 0 Å². The van der Waals surface area contributed by atoms with Crippen LogP contribution in [0.4, 0.5) is 17.6 Å². The van der Waals surface area contributed by atoms with Crippen molar-refractivity contribution in [2.24, 2.45) is 5.84 Å². The molecule has 1 aromatic carbocycles. The summed E-state index contributed by atoms with van der Waals surface area (Å²) in [7, 11) is 0. The Labute approximate surface area is 108 Å². The molecule has 0 amide bonds. The standard InChI is InChI=1S/C12H16F4N2O/c1-7(2)19-6-11(18-17)9-5-8(12(14,15)16)3-4-10(9)13/h3-5,7,11,18H,6,17H2,1-2H3. The van der Waals surface area contributed by atoms with Crippen LogP contribution in [0.2, 0.25) is 0 Å². The fourth-order valence-corrected chi connectivity index (χ4v) is 1.50. The number of halogens is 4. The topological polar surface area (TPSA) is 47.3 Å². The van der Waals surface area contributed by atoms with Crippen LogP contribution in [0.5, 0.6) is 0 Å². The zero-order valence-electron chi connectivity index (χ0n) is 10.6. The summed E-state index contributed by atoms with van der Waals surface area (Å²) in [5, 5.41) is 0. The Morgan fingerprint density at radius 2 is 1.95 bits per heavy atom. The average Bonchev–Trinajstić information content (AvgIpc) is 2.30. The molecule has 1 rings (SSSR count). The second-order valence-electron chi connectivity index (χ2n) is 4.34. The first kappa shape index (κ1) is 15.9. The summed E-state index contributed by atoms with van der Waals surface area (Å²) < 4.78 is 56.6. The van der Waals surface area contributed by atoms with Crippen LogP contribution in [0.1, 0.15) is 31.0 Å². The van der Waals surface area contributed by atoms with Gasteiger partial charge in [-0.25, -0.2) is 4.39 Å². The number of benzene rings is 1. The summed E-state index contributed by atoms with van der Waals surface area (Å²) in [5.41, 5.74) is 1.17. The molecular formula is C12H16F4N2O. The summed E-state index contributed by atoms with van der Waals surface area (Å²) in [5.74, 6) is 4.48. The molecule has 3 nitrogen and oxygen atoms in total. The predicted molar refractivity (Wildman–Crippen MR) is 62.6 cm³/mol. The number of ether oxygens (including phenoxy) is 1. The maximum atomic E-state index is 13.6.